The van der Waals surface area contributed by atoms with Gasteiger partial charge in [0.25, 0.3) is 0 Å². The minimum Gasteiger partial charge on any atom is -0.330 e. The number of hydrogen-bond acceptors (Lipinski definition) is 2. The Labute approximate surface area is 87.5 Å². The van der Waals surface area contributed by atoms with Crippen LogP contribution in [0.15, 0.2) is 30.3 Å². The first-order valence-electron chi connectivity index (χ1n) is 5.03. The van der Waals surface area contributed by atoms with Gasteiger partial charge in [-0.3, -0.25) is 0 Å². The van der Waals surface area contributed by atoms with Crippen LogP contribution >= 0.6 is 11.3 Å². The summed E-state index contributed by atoms with van der Waals surface area (Å²) in [6, 6.07) is 10.9. The molecule has 0 radical (unpaired) electrons. The maximum atomic E-state index is 5.83. The number of rotatable bonds is 2. The lowest BCUT2D eigenvalue weighted by atomic mass is 10.1. The summed E-state index contributed by atoms with van der Waals surface area (Å²) in [6.07, 6.45) is 2.55. The Hall–Kier alpha value is -0.860. The summed E-state index contributed by atoms with van der Waals surface area (Å²) in [5.41, 5.74) is 6.18. The third-order valence-electron chi connectivity index (χ3n) is 3.19. The number of benzene rings is 1. The van der Waals surface area contributed by atoms with Crippen LogP contribution in [0, 0.1) is 0 Å². The van der Waals surface area contributed by atoms with Crippen molar-refractivity contribution in [2.24, 2.45) is 5.73 Å². The van der Waals surface area contributed by atoms with E-state index in [0.717, 1.165) is 6.54 Å². The highest BCUT2D eigenvalue weighted by Crippen LogP contribution is 2.50. The van der Waals surface area contributed by atoms with Crippen molar-refractivity contribution in [3.05, 3.63) is 35.2 Å². The van der Waals surface area contributed by atoms with E-state index in [0.29, 0.717) is 5.41 Å². The summed E-state index contributed by atoms with van der Waals surface area (Å²) >= 11 is 1.91. The molecule has 0 saturated heterocycles. The van der Waals surface area contributed by atoms with E-state index in [1.807, 2.05) is 11.3 Å². The standard InChI is InChI=1S/C12H13NS/c13-8-12(5-6-12)11-7-9-3-1-2-4-10(9)14-11/h1-4,7H,5-6,8,13H2. The van der Waals surface area contributed by atoms with Gasteiger partial charge in [-0.15, -0.1) is 11.3 Å². The molecule has 0 amide bonds. The molecule has 1 aliphatic carbocycles. The molecule has 1 saturated carbocycles. The summed E-state index contributed by atoms with van der Waals surface area (Å²) < 4.78 is 1.39. The van der Waals surface area contributed by atoms with E-state index in [4.69, 9.17) is 5.73 Å². The Bertz CT molecular complexity index is 435. The predicted octanol–water partition coefficient (Wildman–Crippen LogP) is 2.89. The quantitative estimate of drug-likeness (QED) is 0.798. The molecule has 2 heteroatoms. The monoisotopic (exact) mass is 203 g/mol. The van der Waals surface area contributed by atoms with Crippen molar-refractivity contribution in [3.8, 4) is 0 Å². The molecule has 0 bridgehead atoms. The van der Waals surface area contributed by atoms with Crippen LogP contribution in [0.2, 0.25) is 0 Å². The highest BCUT2D eigenvalue weighted by atomic mass is 32.1. The van der Waals surface area contributed by atoms with E-state index in [9.17, 15) is 0 Å². The van der Waals surface area contributed by atoms with Gasteiger partial charge in [0.1, 0.15) is 0 Å². The first kappa shape index (κ1) is 8.45. The van der Waals surface area contributed by atoms with Crippen molar-refractivity contribution < 1.29 is 0 Å². The smallest absolute Gasteiger partial charge is 0.0345 e. The lowest BCUT2D eigenvalue weighted by Gasteiger charge is -2.07. The molecule has 14 heavy (non-hydrogen) atoms. The van der Waals surface area contributed by atoms with Gasteiger partial charge in [-0.2, -0.15) is 0 Å². The summed E-state index contributed by atoms with van der Waals surface area (Å²) in [5.74, 6) is 0. The van der Waals surface area contributed by atoms with Crippen molar-refractivity contribution in [2.45, 2.75) is 18.3 Å². The molecule has 1 heterocycles. The Morgan fingerprint density at radius 2 is 2.07 bits per heavy atom. The average molecular weight is 203 g/mol. The Morgan fingerprint density at radius 1 is 1.29 bits per heavy atom. The van der Waals surface area contributed by atoms with E-state index in [-0.39, 0.29) is 0 Å². The van der Waals surface area contributed by atoms with Crippen LogP contribution in [-0.4, -0.2) is 6.54 Å². The number of thiophene rings is 1. The van der Waals surface area contributed by atoms with E-state index in [1.54, 1.807) is 0 Å². The van der Waals surface area contributed by atoms with Gasteiger partial charge < -0.3 is 5.73 Å². The van der Waals surface area contributed by atoms with Crippen LogP contribution < -0.4 is 5.73 Å². The highest BCUT2D eigenvalue weighted by Gasteiger charge is 2.44. The topological polar surface area (TPSA) is 26.0 Å². The van der Waals surface area contributed by atoms with E-state index < -0.39 is 0 Å². The maximum Gasteiger partial charge on any atom is 0.0345 e. The van der Waals surface area contributed by atoms with Gasteiger partial charge in [-0.1, -0.05) is 18.2 Å². The van der Waals surface area contributed by atoms with E-state index >= 15 is 0 Å². The molecule has 1 nitrogen and oxygen atoms in total. The van der Waals surface area contributed by atoms with Crippen molar-refractivity contribution in [1.82, 2.24) is 0 Å². The largest absolute Gasteiger partial charge is 0.330 e. The van der Waals surface area contributed by atoms with E-state index in [1.165, 1.54) is 27.8 Å². The van der Waals surface area contributed by atoms with Gasteiger partial charge in [0, 0.05) is 21.5 Å². The molecular formula is C12H13NS. The number of hydrogen-bond donors (Lipinski definition) is 1. The van der Waals surface area contributed by atoms with Gasteiger partial charge in [-0.25, -0.2) is 0 Å². The summed E-state index contributed by atoms with van der Waals surface area (Å²) in [4.78, 5) is 1.49. The Morgan fingerprint density at radius 3 is 2.71 bits per heavy atom. The van der Waals surface area contributed by atoms with Crippen LogP contribution in [0.1, 0.15) is 17.7 Å². The summed E-state index contributed by atoms with van der Waals surface area (Å²) in [6.45, 7) is 0.805. The Balaban J connectivity index is 2.15. The second-order valence-corrected chi connectivity index (χ2v) is 5.22. The van der Waals surface area contributed by atoms with Crippen LogP contribution in [0.3, 0.4) is 0 Å². The predicted molar refractivity (Wildman–Crippen MR) is 61.8 cm³/mol. The molecule has 1 aromatic heterocycles. The molecule has 0 unspecified atom stereocenters. The van der Waals surface area contributed by atoms with Crippen LogP contribution in [0.4, 0.5) is 0 Å². The first-order chi connectivity index (χ1) is 6.84. The fraction of sp³-hybridized carbons (Fsp3) is 0.333. The van der Waals surface area contributed by atoms with Gasteiger partial charge in [-0.05, 0) is 30.4 Å². The van der Waals surface area contributed by atoms with Crippen molar-refractivity contribution in [1.29, 1.82) is 0 Å². The average Bonchev–Trinajstić information content (AvgIpc) is 2.91. The normalized spacial score (nSPS) is 18.6. The van der Waals surface area contributed by atoms with Crippen molar-refractivity contribution in [2.75, 3.05) is 6.54 Å². The molecular weight excluding hydrogens is 190 g/mol. The third-order valence-corrected chi connectivity index (χ3v) is 4.55. The lowest BCUT2D eigenvalue weighted by molar-refractivity contribution is 0.720. The Kier molecular flexibility index (Phi) is 1.70. The highest BCUT2D eigenvalue weighted by molar-refractivity contribution is 7.19. The van der Waals surface area contributed by atoms with Gasteiger partial charge in [0.05, 0.1) is 0 Å². The van der Waals surface area contributed by atoms with Gasteiger partial charge in [0.15, 0.2) is 0 Å². The molecule has 3 rings (SSSR count). The molecule has 0 atom stereocenters. The fourth-order valence-corrected chi connectivity index (χ4v) is 3.26. The van der Waals surface area contributed by atoms with Gasteiger partial charge in [0.2, 0.25) is 0 Å². The zero-order valence-electron chi connectivity index (χ0n) is 7.99. The maximum absolute atomic E-state index is 5.83. The minimum atomic E-state index is 0.351. The van der Waals surface area contributed by atoms with Crippen LogP contribution in [0.5, 0.6) is 0 Å². The molecule has 1 aliphatic rings. The molecule has 72 valence electrons. The number of fused-ring (bicyclic) bond motifs is 1. The van der Waals surface area contributed by atoms with Gasteiger partial charge >= 0.3 is 0 Å². The second-order valence-electron chi connectivity index (χ2n) is 4.13. The zero-order chi connectivity index (χ0) is 9.60. The SMILES string of the molecule is NCC1(c2cc3ccccc3s2)CC1. The second kappa shape index (κ2) is 2.81. The van der Waals surface area contributed by atoms with Crippen LogP contribution in [0.25, 0.3) is 10.1 Å². The third kappa shape index (κ3) is 1.11. The van der Waals surface area contributed by atoms with Crippen molar-refractivity contribution in [3.63, 3.8) is 0 Å². The van der Waals surface area contributed by atoms with Crippen molar-refractivity contribution >= 4 is 21.4 Å². The lowest BCUT2D eigenvalue weighted by Crippen LogP contribution is -2.18. The zero-order valence-corrected chi connectivity index (χ0v) is 8.81. The molecule has 0 aliphatic heterocycles. The molecule has 1 aromatic carbocycles. The molecule has 1 fully saturated rings. The summed E-state index contributed by atoms with van der Waals surface area (Å²) in [7, 11) is 0. The fourth-order valence-electron chi connectivity index (χ4n) is 1.95. The minimum absolute atomic E-state index is 0.351. The summed E-state index contributed by atoms with van der Waals surface area (Å²) in [5, 5.41) is 1.37. The number of nitrogens with two attached hydrogens (primary N) is 1. The molecule has 2 N–H and O–H groups in total. The first-order valence-corrected chi connectivity index (χ1v) is 5.85. The van der Waals surface area contributed by atoms with Crippen LogP contribution in [-0.2, 0) is 5.41 Å². The van der Waals surface area contributed by atoms with E-state index in [2.05, 4.69) is 30.3 Å². The molecule has 2 aromatic rings. The molecule has 0 spiro atoms.